The van der Waals surface area contributed by atoms with Gasteiger partial charge in [0.25, 0.3) is 0 Å². The molecule has 1 aromatic carbocycles. The summed E-state index contributed by atoms with van der Waals surface area (Å²) in [5, 5.41) is 1.20. The van der Waals surface area contributed by atoms with Crippen molar-refractivity contribution in [2.24, 2.45) is 5.73 Å². The summed E-state index contributed by atoms with van der Waals surface area (Å²) >= 11 is 0. The van der Waals surface area contributed by atoms with Crippen LogP contribution >= 0.6 is 0 Å². The number of aromatic amines is 1. The zero-order chi connectivity index (χ0) is 11.0. The first-order valence-electron chi connectivity index (χ1n) is 5.32. The topological polar surface area (TPSA) is 46.7 Å². The molecule has 0 spiro atoms. The summed E-state index contributed by atoms with van der Waals surface area (Å²) in [6.45, 7) is 0.583. The number of nitrogens with two attached hydrogens (primary N) is 1. The van der Waals surface area contributed by atoms with E-state index in [9.17, 15) is 0 Å². The van der Waals surface area contributed by atoms with Gasteiger partial charge in [0.1, 0.15) is 5.82 Å². The van der Waals surface area contributed by atoms with E-state index in [1.807, 2.05) is 24.5 Å². The third kappa shape index (κ3) is 1.42. The van der Waals surface area contributed by atoms with Crippen LogP contribution in [-0.4, -0.2) is 9.55 Å². The zero-order valence-electron chi connectivity index (χ0n) is 8.85. The maximum Gasteiger partial charge on any atom is 0.115 e. The molecule has 2 aromatic heterocycles. The van der Waals surface area contributed by atoms with E-state index in [2.05, 4.69) is 33.8 Å². The summed E-state index contributed by atoms with van der Waals surface area (Å²) in [5.74, 6) is 1.08. The van der Waals surface area contributed by atoms with Crippen LogP contribution in [0.25, 0.3) is 16.7 Å². The molecule has 0 atom stereocenters. The molecule has 0 bridgehead atoms. The van der Waals surface area contributed by atoms with Gasteiger partial charge >= 0.3 is 0 Å². The Bertz CT molecular complexity index is 605. The molecule has 16 heavy (non-hydrogen) atoms. The second-order valence-corrected chi connectivity index (χ2v) is 3.87. The Morgan fingerprint density at radius 1 is 1.12 bits per heavy atom. The highest BCUT2D eigenvalue weighted by atomic mass is 15.0. The number of rotatable bonds is 2. The molecule has 0 saturated heterocycles. The van der Waals surface area contributed by atoms with Crippen LogP contribution in [0.3, 0.4) is 0 Å². The number of fused-ring (bicyclic) bond motifs is 1. The van der Waals surface area contributed by atoms with E-state index in [4.69, 9.17) is 5.73 Å². The van der Waals surface area contributed by atoms with Gasteiger partial charge in [-0.05, 0) is 35.9 Å². The molecule has 80 valence electrons. The van der Waals surface area contributed by atoms with Crippen LogP contribution in [0.2, 0.25) is 0 Å². The molecule has 0 amide bonds. The van der Waals surface area contributed by atoms with E-state index >= 15 is 0 Å². The SMILES string of the molecule is NCc1ccc2[nH]c(-n3cccc3)cc2c1. The second kappa shape index (κ2) is 3.54. The fourth-order valence-electron chi connectivity index (χ4n) is 1.93. The molecular formula is C13H13N3. The predicted octanol–water partition coefficient (Wildman–Crippen LogP) is 2.42. The van der Waals surface area contributed by atoms with Crippen LogP contribution in [0.4, 0.5) is 0 Å². The zero-order valence-corrected chi connectivity index (χ0v) is 8.85. The van der Waals surface area contributed by atoms with Gasteiger partial charge in [-0.25, -0.2) is 0 Å². The number of aromatic nitrogens is 2. The highest BCUT2D eigenvalue weighted by molar-refractivity contribution is 5.82. The van der Waals surface area contributed by atoms with Crippen molar-refractivity contribution in [1.29, 1.82) is 0 Å². The minimum Gasteiger partial charge on any atom is -0.341 e. The van der Waals surface area contributed by atoms with Crippen molar-refractivity contribution in [1.82, 2.24) is 9.55 Å². The van der Waals surface area contributed by atoms with Gasteiger partial charge in [0.15, 0.2) is 0 Å². The van der Waals surface area contributed by atoms with E-state index in [0.717, 1.165) is 16.9 Å². The van der Waals surface area contributed by atoms with E-state index in [1.54, 1.807) is 0 Å². The molecule has 3 aromatic rings. The van der Waals surface area contributed by atoms with Crippen molar-refractivity contribution in [3.63, 3.8) is 0 Å². The minimum atomic E-state index is 0.583. The quantitative estimate of drug-likeness (QED) is 0.672. The van der Waals surface area contributed by atoms with Crippen molar-refractivity contribution in [3.8, 4) is 5.82 Å². The lowest BCUT2D eigenvalue weighted by atomic mass is 10.1. The third-order valence-corrected chi connectivity index (χ3v) is 2.79. The summed E-state index contributed by atoms with van der Waals surface area (Å²) in [5.41, 5.74) is 7.92. The minimum absolute atomic E-state index is 0.583. The van der Waals surface area contributed by atoms with Crippen molar-refractivity contribution < 1.29 is 0 Å². The molecule has 0 aliphatic carbocycles. The van der Waals surface area contributed by atoms with E-state index < -0.39 is 0 Å². The smallest absolute Gasteiger partial charge is 0.115 e. The maximum absolute atomic E-state index is 5.63. The van der Waals surface area contributed by atoms with Gasteiger partial charge in [-0.2, -0.15) is 0 Å². The largest absolute Gasteiger partial charge is 0.341 e. The molecule has 2 heterocycles. The standard InChI is InChI=1S/C13H13N3/c14-9-10-3-4-12-11(7-10)8-13(15-12)16-5-1-2-6-16/h1-8,15H,9,14H2. The number of hydrogen-bond donors (Lipinski definition) is 2. The van der Waals surface area contributed by atoms with E-state index in [-0.39, 0.29) is 0 Å². The van der Waals surface area contributed by atoms with Gasteiger partial charge in [0, 0.05) is 29.8 Å². The summed E-state index contributed by atoms with van der Waals surface area (Å²) in [6, 6.07) is 12.4. The number of benzene rings is 1. The third-order valence-electron chi connectivity index (χ3n) is 2.79. The van der Waals surface area contributed by atoms with Gasteiger partial charge in [-0.3, -0.25) is 0 Å². The first kappa shape index (κ1) is 9.24. The summed E-state index contributed by atoms with van der Waals surface area (Å²) in [7, 11) is 0. The predicted molar refractivity (Wildman–Crippen MR) is 65.5 cm³/mol. The molecule has 0 saturated carbocycles. The molecule has 0 aliphatic heterocycles. The lowest BCUT2D eigenvalue weighted by Gasteiger charge is -1.95. The lowest BCUT2D eigenvalue weighted by Crippen LogP contribution is -1.94. The Morgan fingerprint density at radius 3 is 2.69 bits per heavy atom. The van der Waals surface area contributed by atoms with Crippen molar-refractivity contribution in [2.45, 2.75) is 6.54 Å². The van der Waals surface area contributed by atoms with Crippen molar-refractivity contribution >= 4 is 10.9 Å². The summed E-state index contributed by atoms with van der Waals surface area (Å²) in [4.78, 5) is 3.37. The fourth-order valence-corrected chi connectivity index (χ4v) is 1.93. The Kier molecular flexibility index (Phi) is 2.04. The van der Waals surface area contributed by atoms with Crippen molar-refractivity contribution in [2.75, 3.05) is 0 Å². The first-order valence-corrected chi connectivity index (χ1v) is 5.32. The molecule has 3 N–H and O–H groups in total. The number of nitrogens with zero attached hydrogens (tertiary/aromatic N) is 1. The first-order chi connectivity index (χ1) is 7.86. The molecular weight excluding hydrogens is 198 g/mol. The van der Waals surface area contributed by atoms with Crippen molar-refractivity contribution in [3.05, 3.63) is 54.4 Å². The van der Waals surface area contributed by atoms with Crippen LogP contribution in [0.1, 0.15) is 5.56 Å². The van der Waals surface area contributed by atoms with Gasteiger partial charge in [0.2, 0.25) is 0 Å². The Morgan fingerprint density at radius 2 is 1.94 bits per heavy atom. The summed E-state index contributed by atoms with van der Waals surface area (Å²) < 4.78 is 2.06. The Balaban J connectivity index is 2.16. The Labute approximate surface area is 93.5 Å². The molecule has 0 unspecified atom stereocenters. The monoisotopic (exact) mass is 211 g/mol. The maximum atomic E-state index is 5.63. The highest BCUT2D eigenvalue weighted by Gasteiger charge is 2.02. The number of H-pyrrole nitrogens is 1. The molecule has 0 radical (unpaired) electrons. The molecule has 3 rings (SSSR count). The lowest BCUT2D eigenvalue weighted by molar-refractivity contribution is 1.03. The average Bonchev–Trinajstić information content (AvgIpc) is 2.96. The summed E-state index contributed by atoms with van der Waals surface area (Å²) in [6.07, 6.45) is 4.04. The van der Waals surface area contributed by atoms with Gasteiger partial charge in [-0.1, -0.05) is 6.07 Å². The van der Waals surface area contributed by atoms with Gasteiger partial charge in [-0.15, -0.1) is 0 Å². The average molecular weight is 211 g/mol. The van der Waals surface area contributed by atoms with Gasteiger partial charge < -0.3 is 15.3 Å². The number of nitrogens with one attached hydrogen (secondary N) is 1. The van der Waals surface area contributed by atoms with Gasteiger partial charge in [0.05, 0.1) is 0 Å². The van der Waals surface area contributed by atoms with Crippen LogP contribution in [-0.2, 0) is 6.54 Å². The van der Waals surface area contributed by atoms with E-state index in [1.165, 1.54) is 5.39 Å². The van der Waals surface area contributed by atoms with Crippen LogP contribution in [0.15, 0.2) is 48.8 Å². The number of hydrogen-bond acceptors (Lipinski definition) is 1. The van der Waals surface area contributed by atoms with E-state index in [0.29, 0.717) is 6.54 Å². The normalized spacial score (nSPS) is 11.1. The van der Waals surface area contributed by atoms with Crippen LogP contribution in [0, 0.1) is 0 Å². The molecule has 0 fully saturated rings. The molecule has 3 nitrogen and oxygen atoms in total. The highest BCUT2D eigenvalue weighted by Crippen LogP contribution is 2.19. The van der Waals surface area contributed by atoms with Crippen LogP contribution < -0.4 is 5.73 Å². The molecule has 3 heteroatoms. The van der Waals surface area contributed by atoms with Crippen LogP contribution in [0.5, 0.6) is 0 Å². The second-order valence-electron chi connectivity index (χ2n) is 3.87. The Hall–Kier alpha value is -2.00. The fraction of sp³-hybridized carbons (Fsp3) is 0.0769. The molecule has 0 aliphatic rings.